The van der Waals surface area contributed by atoms with Crippen molar-refractivity contribution in [3.05, 3.63) is 83.7 Å². The zero-order chi connectivity index (χ0) is 24.6. The molecule has 0 atom stereocenters. The highest BCUT2D eigenvalue weighted by Crippen LogP contribution is 2.28. The van der Waals surface area contributed by atoms with E-state index in [4.69, 9.17) is 0 Å². The molecule has 7 nitrogen and oxygen atoms in total. The number of carbonyl (C=O) groups excluding carboxylic acids is 2. The lowest BCUT2D eigenvalue weighted by molar-refractivity contribution is -0.141. The molecule has 0 bridgehead atoms. The highest BCUT2D eigenvalue weighted by atomic mass is 19.4. The normalized spacial score (nSPS) is 17.3. The van der Waals surface area contributed by atoms with Crippen molar-refractivity contribution in [2.24, 2.45) is 0 Å². The molecule has 3 heterocycles. The van der Waals surface area contributed by atoms with Crippen LogP contribution in [0.2, 0.25) is 0 Å². The molecular weight excluding hydrogens is 459 g/mol. The van der Waals surface area contributed by atoms with E-state index in [9.17, 15) is 22.8 Å². The number of alkyl halides is 3. The van der Waals surface area contributed by atoms with E-state index < -0.39 is 11.9 Å². The predicted octanol–water partition coefficient (Wildman–Crippen LogP) is 3.17. The van der Waals surface area contributed by atoms with Crippen LogP contribution in [0.3, 0.4) is 0 Å². The van der Waals surface area contributed by atoms with Crippen LogP contribution in [0.1, 0.15) is 26.4 Å². The fourth-order valence-corrected chi connectivity index (χ4v) is 4.46. The third-order valence-electron chi connectivity index (χ3n) is 6.55. The van der Waals surface area contributed by atoms with Crippen LogP contribution < -0.4 is 0 Å². The molecule has 1 aromatic heterocycles. The second-order valence-electron chi connectivity index (χ2n) is 8.75. The van der Waals surface area contributed by atoms with Crippen LogP contribution in [0, 0.1) is 0 Å². The number of rotatable bonds is 4. The molecule has 182 valence electrons. The van der Waals surface area contributed by atoms with Gasteiger partial charge in [0.05, 0.1) is 5.69 Å². The van der Waals surface area contributed by atoms with Gasteiger partial charge in [-0.15, -0.1) is 0 Å². The van der Waals surface area contributed by atoms with Crippen molar-refractivity contribution in [1.82, 2.24) is 24.5 Å². The van der Waals surface area contributed by atoms with Gasteiger partial charge in [-0.05, 0) is 42.5 Å². The van der Waals surface area contributed by atoms with E-state index in [1.807, 2.05) is 35.2 Å². The summed E-state index contributed by atoms with van der Waals surface area (Å²) < 4.78 is 39.4. The third-order valence-corrected chi connectivity index (χ3v) is 6.55. The van der Waals surface area contributed by atoms with Gasteiger partial charge in [0.25, 0.3) is 11.8 Å². The van der Waals surface area contributed by atoms with E-state index in [1.165, 1.54) is 6.20 Å². The van der Waals surface area contributed by atoms with Gasteiger partial charge >= 0.3 is 6.18 Å². The summed E-state index contributed by atoms with van der Waals surface area (Å²) in [6, 6.07) is 16.8. The minimum atomic E-state index is -4.50. The van der Waals surface area contributed by atoms with E-state index in [0.29, 0.717) is 43.0 Å². The Kier molecular flexibility index (Phi) is 6.06. The van der Waals surface area contributed by atoms with Crippen LogP contribution >= 0.6 is 0 Å². The topological polar surface area (TPSA) is 61.7 Å². The molecule has 0 N–H and O–H groups in total. The van der Waals surface area contributed by atoms with Gasteiger partial charge in [0.15, 0.2) is 5.69 Å². The molecule has 35 heavy (non-hydrogen) atoms. The molecule has 2 aromatic carbocycles. The number of hydrogen-bond donors (Lipinski definition) is 0. The molecule has 0 saturated carbocycles. The molecule has 0 aliphatic carbocycles. The number of hydrogen-bond acceptors (Lipinski definition) is 4. The minimum absolute atomic E-state index is 0.0452. The molecule has 0 unspecified atom stereocenters. The number of halogens is 3. The van der Waals surface area contributed by atoms with E-state index in [-0.39, 0.29) is 17.9 Å². The summed E-state index contributed by atoms with van der Waals surface area (Å²) in [4.78, 5) is 31.4. The summed E-state index contributed by atoms with van der Waals surface area (Å²) >= 11 is 0. The summed E-state index contributed by atoms with van der Waals surface area (Å²) in [6.45, 7) is 4.07. The Morgan fingerprint density at radius 1 is 0.771 bits per heavy atom. The first-order valence-electron chi connectivity index (χ1n) is 11.4. The van der Waals surface area contributed by atoms with E-state index in [1.54, 1.807) is 29.2 Å². The van der Waals surface area contributed by atoms with Gasteiger partial charge in [0, 0.05) is 62.6 Å². The Labute approximate surface area is 200 Å². The first-order chi connectivity index (χ1) is 16.8. The maximum atomic E-state index is 12.8. The summed E-state index contributed by atoms with van der Waals surface area (Å²) in [7, 11) is 0. The number of nitrogens with zero attached hydrogens (tertiary/aromatic N) is 5. The lowest BCUT2D eigenvalue weighted by atomic mass is 10.0. The molecule has 0 spiro atoms. The monoisotopic (exact) mass is 483 g/mol. The van der Waals surface area contributed by atoms with Crippen LogP contribution in [-0.2, 0) is 6.18 Å². The number of carbonyl (C=O) groups is 2. The van der Waals surface area contributed by atoms with Crippen LogP contribution in [0.5, 0.6) is 0 Å². The van der Waals surface area contributed by atoms with Crippen molar-refractivity contribution in [2.75, 3.05) is 39.3 Å². The van der Waals surface area contributed by atoms with Gasteiger partial charge in [-0.3, -0.25) is 14.5 Å². The Morgan fingerprint density at radius 3 is 1.97 bits per heavy atom. The van der Waals surface area contributed by atoms with Crippen LogP contribution in [0.25, 0.3) is 5.69 Å². The minimum Gasteiger partial charge on any atom is -0.336 e. The Bertz CT molecular complexity index is 1200. The number of piperazine rings is 1. The molecule has 2 aliphatic heterocycles. The molecule has 5 rings (SSSR count). The smallest absolute Gasteiger partial charge is 0.336 e. The van der Waals surface area contributed by atoms with Crippen molar-refractivity contribution in [3.8, 4) is 5.69 Å². The van der Waals surface area contributed by atoms with Crippen molar-refractivity contribution in [2.45, 2.75) is 12.2 Å². The van der Waals surface area contributed by atoms with Gasteiger partial charge in [-0.25, -0.2) is 4.68 Å². The van der Waals surface area contributed by atoms with Gasteiger partial charge in [0.2, 0.25) is 0 Å². The van der Waals surface area contributed by atoms with Crippen molar-refractivity contribution in [1.29, 1.82) is 0 Å². The average molecular weight is 483 g/mol. The van der Waals surface area contributed by atoms with Crippen molar-refractivity contribution >= 4 is 11.8 Å². The summed E-state index contributed by atoms with van der Waals surface area (Å²) in [5, 5.41) is 3.55. The highest BCUT2D eigenvalue weighted by Gasteiger charge is 2.37. The summed E-state index contributed by atoms with van der Waals surface area (Å²) in [6.07, 6.45) is -3.26. The molecule has 2 amide bonds. The van der Waals surface area contributed by atoms with Gasteiger partial charge in [-0.2, -0.15) is 18.3 Å². The van der Waals surface area contributed by atoms with Gasteiger partial charge < -0.3 is 9.80 Å². The maximum absolute atomic E-state index is 12.8. The quantitative estimate of drug-likeness (QED) is 0.572. The summed E-state index contributed by atoms with van der Waals surface area (Å²) in [5.74, 6) is -0.0639. The molecule has 2 aliphatic rings. The van der Waals surface area contributed by atoms with E-state index in [2.05, 4.69) is 10.00 Å². The fraction of sp³-hybridized carbons (Fsp3) is 0.320. The van der Waals surface area contributed by atoms with Crippen LogP contribution in [0.4, 0.5) is 13.2 Å². The lowest BCUT2D eigenvalue weighted by Crippen LogP contribution is -2.64. The highest BCUT2D eigenvalue weighted by molar-refractivity contribution is 5.95. The molecule has 2 fully saturated rings. The number of benzene rings is 2. The van der Waals surface area contributed by atoms with Crippen LogP contribution in [0.15, 0.2) is 66.9 Å². The fourth-order valence-electron chi connectivity index (χ4n) is 4.46. The lowest BCUT2D eigenvalue weighted by Gasteiger charge is -2.48. The largest absolute Gasteiger partial charge is 0.435 e. The molecular formula is C25H24F3N5O2. The summed E-state index contributed by atoms with van der Waals surface area (Å²) in [5.41, 5.74) is 0.658. The average Bonchev–Trinajstić information content (AvgIpc) is 3.35. The van der Waals surface area contributed by atoms with Gasteiger partial charge in [-0.1, -0.05) is 18.2 Å². The molecule has 2 saturated heterocycles. The van der Waals surface area contributed by atoms with Crippen LogP contribution in [-0.4, -0.2) is 81.6 Å². The molecule has 3 aromatic rings. The van der Waals surface area contributed by atoms with Crippen molar-refractivity contribution < 1.29 is 22.8 Å². The SMILES string of the molecule is O=C(c1ccccc1)N1CCN(C2CN(C(=O)c3ccc(-n4ccc(C(F)(F)F)n4)cc3)C2)CC1. The zero-order valence-electron chi connectivity index (χ0n) is 18.9. The van der Waals surface area contributed by atoms with E-state index in [0.717, 1.165) is 23.8 Å². The number of amides is 2. The first-order valence-corrected chi connectivity index (χ1v) is 11.4. The van der Waals surface area contributed by atoms with E-state index >= 15 is 0 Å². The Morgan fingerprint density at radius 2 is 1.37 bits per heavy atom. The standard InChI is InChI=1S/C25H24F3N5O2/c26-25(27,28)22-10-11-33(29-22)20-8-6-19(7-9-20)24(35)32-16-21(17-32)30-12-14-31(15-13-30)23(34)18-4-2-1-3-5-18/h1-11,21H,12-17H2. The number of likely N-dealkylation sites (tertiary alicyclic amines) is 1. The third kappa shape index (κ3) is 4.79. The van der Waals surface area contributed by atoms with Crippen molar-refractivity contribution in [3.63, 3.8) is 0 Å². The Balaban J connectivity index is 1.12. The first kappa shape index (κ1) is 23.1. The number of aromatic nitrogens is 2. The molecule has 0 radical (unpaired) electrons. The predicted molar refractivity (Wildman–Crippen MR) is 122 cm³/mol. The zero-order valence-corrected chi connectivity index (χ0v) is 18.9. The second-order valence-corrected chi connectivity index (χ2v) is 8.75. The van der Waals surface area contributed by atoms with Gasteiger partial charge in [0.1, 0.15) is 0 Å². The molecule has 10 heteroatoms. The Hall–Kier alpha value is -3.66. The second kappa shape index (κ2) is 9.18. The maximum Gasteiger partial charge on any atom is 0.435 e.